The molecule has 4 nitrogen and oxygen atoms in total. The first-order valence-corrected chi connectivity index (χ1v) is 4.50. The topological polar surface area (TPSA) is 36.9 Å². The fourth-order valence-electron chi connectivity index (χ4n) is 1.35. The summed E-state index contributed by atoms with van der Waals surface area (Å²) in [6.45, 7) is 2.21. The molecule has 80 valence electrons. The van der Waals surface area contributed by atoms with Crippen molar-refractivity contribution < 1.29 is 18.7 Å². The first kappa shape index (κ1) is 13.3. The van der Waals surface area contributed by atoms with Crippen LogP contribution in [0.4, 0.5) is 0 Å². The molecule has 0 aromatic rings. The summed E-state index contributed by atoms with van der Waals surface area (Å²) in [5.74, 6) is 0. The molecule has 0 amide bonds. The smallest absolute Gasteiger partial charge is 0.0640 e. The molecule has 0 saturated carbocycles. The van der Waals surface area contributed by atoms with Crippen molar-refractivity contribution in [3.8, 4) is 0 Å². The first-order chi connectivity index (χ1) is 6.24. The molecule has 0 bridgehead atoms. The second-order valence-corrected chi connectivity index (χ2v) is 3.44. The fourth-order valence-corrected chi connectivity index (χ4v) is 1.70. The normalized spacial score (nSPS) is 12.0. The monoisotopic (exact) mass is 210 g/mol. The van der Waals surface area contributed by atoms with Gasteiger partial charge in [0.15, 0.2) is 0 Å². The Balaban J connectivity index is 4.19. The lowest BCUT2D eigenvalue weighted by atomic mass is 9.92. The lowest BCUT2D eigenvalue weighted by Crippen LogP contribution is -2.40. The minimum Gasteiger partial charge on any atom is -0.384 e. The van der Waals surface area contributed by atoms with Crippen LogP contribution in [0.3, 0.4) is 0 Å². The van der Waals surface area contributed by atoms with Gasteiger partial charge in [-0.25, -0.2) is 0 Å². The molecule has 1 unspecified atom stereocenters. The predicted octanol–water partition coefficient (Wildman–Crippen LogP) is 0.719. The van der Waals surface area contributed by atoms with E-state index in [1.165, 1.54) is 0 Å². The molecule has 0 aliphatic carbocycles. The van der Waals surface area contributed by atoms with Crippen LogP contribution >= 0.6 is 9.47 Å². The summed E-state index contributed by atoms with van der Waals surface area (Å²) in [4.78, 5) is 0. The molecule has 0 heterocycles. The van der Waals surface area contributed by atoms with E-state index in [9.17, 15) is 0 Å². The van der Waals surface area contributed by atoms with E-state index in [2.05, 4.69) is 9.47 Å². The van der Waals surface area contributed by atoms with Crippen molar-refractivity contribution in [1.82, 2.24) is 0 Å². The molecule has 5 heteroatoms. The minimum absolute atomic E-state index is 0.208. The van der Waals surface area contributed by atoms with Crippen LogP contribution in [-0.2, 0) is 18.7 Å². The van der Waals surface area contributed by atoms with Gasteiger partial charge in [-0.15, -0.1) is 0 Å². The van der Waals surface area contributed by atoms with Crippen LogP contribution in [0.25, 0.3) is 0 Å². The van der Waals surface area contributed by atoms with Gasteiger partial charge in [0.1, 0.15) is 0 Å². The van der Waals surface area contributed by atoms with Crippen LogP contribution in [0.1, 0.15) is 0 Å². The molecule has 0 aliphatic rings. The zero-order valence-corrected chi connectivity index (χ0v) is 9.69. The van der Waals surface area contributed by atoms with Crippen molar-refractivity contribution in [2.45, 2.75) is 0 Å². The summed E-state index contributed by atoms with van der Waals surface area (Å²) < 4.78 is 20.4. The first-order valence-electron chi connectivity index (χ1n) is 4.03. The molecule has 0 spiro atoms. The number of ether oxygens (including phenoxy) is 3. The summed E-state index contributed by atoms with van der Waals surface area (Å²) in [5, 5.41) is 0. The predicted molar refractivity (Wildman–Crippen MR) is 53.7 cm³/mol. The van der Waals surface area contributed by atoms with E-state index in [1.54, 1.807) is 21.3 Å². The lowest BCUT2D eigenvalue weighted by Gasteiger charge is -2.30. The number of methoxy groups -OCH3 is 3. The third-order valence-electron chi connectivity index (χ3n) is 1.74. The Morgan fingerprint density at radius 3 is 1.46 bits per heavy atom. The highest BCUT2D eigenvalue weighted by atomic mass is 31.0. The second kappa shape index (κ2) is 7.65. The number of hydrogen-bond donors (Lipinski definition) is 0. The maximum atomic E-state index is 5.12. The van der Waals surface area contributed by atoms with Crippen LogP contribution in [-0.4, -0.2) is 47.8 Å². The molecule has 1 atom stereocenters. The van der Waals surface area contributed by atoms with Gasteiger partial charge in [-0.3, -0.25) is 0 Å². The highest BCUT2D eigenvalue weighted by molar-refractivity contribution is 7.09. The van der Waals surface area contributed by atoms with E-state index in [4.69, 9.17) is 18.7 Å². The quantitative estimate of drug-likeness (QED) is 0.553. The highest BCUT2D eigenvalue weighted by Crippen LogP contribution is 2.20. The molecule has 13 heavy (non-hydrogen) atoms. The van der Waals surface area contributed by atoms with Gasteiger partial charge in [-0.2, -0.15) is 0 Å². The third kappa shape index (κ3) is 4.89. The van der Waals surface area contributed by atoms with Gasteiger partial charge >= 0.3 is 0 Å². The van der Waals surface area contributed by atoms with Gasteiger partial charge in [-0.1, -0.05) is 0 Å². The molecular weight excluding hydrogens is 191 g/mol. The van der Waals surface area contributed by atoms with E-state index in [1.807, 2.05) is 0 Å². The summed E-state index contributed by atoms with van der Waals surface area (Å²) in [7, 11) is 7.19. The van der Waals surface area contributed by atoms with E-state index in [0.29, 0.717) is 26.4 Å². The van der Waals surface area contributed by atoms with Crippen molar-refractivity contribution in [2.24, 2.45) is 5.41 Å². The standard InChI is InChI=1S/C8H19O4P/c1-9-4-8(5-10-2,6-11-3)7-12-13/h4-7,13H2,1-3H3. The summed E-state index contributed by atoms with van der Waals surface area (Å²) >= 11 is 0. The maximum Gasteiger partial charge on any atom is 0.0640 e. The van der Waals surface area contributed by atoms with Gasteiger partial charge in [0.2, 0.25) is 0 Å². The van der Waals surface area contributed by atoms with E-state index < -0.39 is 0 Å². The molecule has 0 aromatic carbocycles. The van der Waals surface area contributed by atoms with Crippen molar-refractivity contribution in [1.29, 1.82) is 0 Å². The number of rotatable bonds is 8. The van der Waals surface area contributed by atoms with Crippen molar-refractivity contribution in [2.75, 3.05) is 47.8 Å². The van der Waals surface area contributed by atoms with Crippen LogP contribution in [0.5, 0.6) is 0 Å². The number of hydrogen-bond acceptors (Lipinski definition) is 4. The largest absolute Gasteiger partial charge is 0.384 e. The van der Waals surface area contributed by atoms with Gasteiger partial charge < -0.3 is 18.7 Å². The molecule has 0 saturated heterocycles. The van der Waals surface area contributed by atoms with Crippen molar-refractivity contribution in [3.05, 3.63) is 0 Å². The van der Waals surface area contributed by atoms with E-state index >= 15 is 0 Å². The molecule has 0 N–H and O–H groups in total. The van der Waals surface area contributed by atoms with Gasteiger partial charge in [0.25, 0.3) is 0 Å². The molecule has 0 radical (unpaired) electrons. The molecule has 0 fully saturated rings. The Kier molecular flexibility index (Phi) is 7.81. The summed E-state index contributed by atoms with van der Waals surface area (Å²) in [6.07, 6.45) is 0. The molecule has 0 aliphatic heterocycles. The molecule has 0 rings (SSSR count). The zero-order chi connectivity index (χ0) is 10.2. The zero-order valence-electron chi connectivity index (χ0n) is 8.54. The SMILES string of the molecule is COCC(COC)(COC)COP. The van der Waals surface area contributed by atoms with Crippen molar-refractivity contribution >= 4 is 9.47 Å². The van der Waals surface area contributed by atoms with Crippen molar-refractivity contribution in [3.63, 3.8) is 0 Å². The summed E-state index contributed by atoms with van der Waals surface area (Å²) in [6, 6.07) is 0. The van der Waals surface area contributed by atoms with E-state index in [-0.39, 0.29) is 5.41 Å². The Hall–Kier alpha value is 0.270. The highest BCUT2D eigenvalue weighted by Gasteiger charge is 2.30. The van der Waals surface area contributed by atoms with E-state index in [0.717, 1.165) is 0 Å². The van der Waals surface area contributed by atoms with Crippen LogP contribution in [0, 0.1) is 5.41 Å². The van der Waals surface area contributed by atoms with Crippen LogP contribution in [0.15, 0.2) is 0 Å². The lowest BCUT2D eigenvalue weighted by molar-refractivity contribution is -0.0586. The summed E-state index contributed by atoms with van der Waals surface area (Å²) in [5.41, 5.74) is -0.208. The minimum atomic E-state index is -0.208. The van der Waals surface area contributed by atoms with Gasteiger partial charge in [-0.05, 0) is 0 Å². The van der Waals surface area contributed by atoms with Crippen LogP contribution in [0.2, 0.25) is 0 Å². The Morgan fingerprint density at radius 1 is 0.846 bits per heavy atom. The van der Waals surface area contributed by atoms with Gasteiger partial charge in [0, 0.05) is 30.8 Å². The van der Waals surface area contributed by atoms with Crippen LogP contribution < -0.4 is 0 Å². The molecular formula is C8H19O4P. The average Bonchev–Trinajstić information content (AvgIpc) is 2.06. The van der Waals surface area contributed by atoms with Gasteiger partial charge in [0.05, 0.1) is 31.8 Å². The fraction of sp³-hybridized carbons (Fsp3) is 1.00. The Bertz CT molecular complexity index is 91.2. The average molecular weight is 210 g/mol. The maximum absolute atomic E-state index is 5.12. The Morgan fingerprint density at radius 2 is 1.23 bits per heavy atom. The Labute approximate surface area is 82.2 Å². The second-order valence-electron chi connectivity index (χ2n) is 3.11. The molecule has 0 aromatic heterocycles. The third-order valence-corrected chi connectivity index (χ3v) is 1.91.